The number of rotatable bonds is 4. The topological polar surface area (TPSA) is 52.8 Å². The van der Waals surface area contributed by atoms with Gasteiger partial charge in [-0.3, -0.25) is 4.68 Å². The van der Waals surface area contributed by atoms with Crippen molar-refractivity contribution in [1.29, 1.82) is 0 Å². The van der Waals surface area contributed by atoms with Gasteiger partial charge in [0.15, 0.2) is 0 Å². The molecule has 3 aromatic rings. The van der Waals surface area contributed by atoms with Crippen molar-refractivity contribution in [2.24, 2.45) is 0 Å². The zero-order chi connectivity index (χ0) is 16.4. The molecule has 5 nitrogen and oxygen atoms in total. The van der Waals surface area contributed by atoms with E-state index in [2.05, 4.69) is 15.3 Å². The lowest BCUT2D eigenvalue weighted by Gasteiger charge is -2.37. The van der Waals surface area contributed by atoms with Crippen LogP contribution in [0.25, 0.3) is 10.7 Å². The fraction of sp³-hybridized carbons (Fsp3) is 0.353. The number of hydrogen-bond donors (Lipinski definition) is 0. The van der Waals surface area contributed by atoms with Gasteiger partial charge in [0, 0.05) is 30.2 Å². The number of aromatic nitrogens is 4. The molecule has 0 bridgehead atoms. The van der Waals surface area contributed by atoms with Crippen molar-refractivity contribution >= 4 is 11.3 Å². The monoisotopic (exact) mass is 344 g/mol. The van der Waals surface area contributed by atoms with Crippen LogP contribution in [0.4, 0.5) is 4.39 Å². The van der Waals surface area contributed by atoms with Crippen molar-refractivity contribution in [2.45, 2.75) is 24.8 Å². The lowest BCUT2D eigenvalue weighted by Crippen LogP contribution is -2.38. The second-order valence-electron chi connectivity index (χ2n) is 6.04. The third-order valence-electron chi connectivity index (χ3n) is 4.54. The van der Waals surface area contributed by atoms with E-state index >= 15 is 0 Å². The molecule has 124 valence electrons. The SMILES string of the molecule is Fc1cccc(C2(Cn3cc(-c4nccs4)nn3)CCOCC2)c1. The van der Waals surface area contributed by atoms with Crippen molar-refractivity contribution in [1.82, 2.24) is 20.0 Å². The Kier molecular flexibility index (Phi) is 4.12. The lowest BCUT2D eigenvalue weighted by molar-refractivity contribution is 0.0418. The maximum atomic E-state index is 13.7. The Bertz CT molecular complexity index is 812. The van der Waals surface area contributed by atoms with Crippen molar-refractivity contribution in [2.75, 3.05) is 13.2 Å². The highest BCUT2D eigenvalue weighted by Crippen LogP contribution is 2.37. The van der Waals surface area contributed by atoms with Gasteiger partial charge in [0.1, 0.15) is 16.5 Å². The summed E-state index contributed by atoms with van der Waals surface area (Å²) in [5, 5.41) is 11.3. The van der Waals surface area contributed by atoms with Crippen molar-refractivity contribution in [3.05, 3.63) is 53.4 Å². The fourth-order valence-corrected chi connectivity index (χ4v) is 3.84. The molecule has 1 aliphatic heterocycles. The summed E-state index contributed by atoms with van der Waals surface area (Å²) in [6.07, 6.45) is 5.34. The maximum absolute atomic E-state index is 13.7. The highest BCUT2D eigenvalue weighted by Gasteiger charge is 2.35. The number of ether oxygens (including phenoxy) is 1. The second-order valence-corrected chi connectivity index (χ2v) is 6.94. The van der Waals surface area contributed by atoms with Gasteiger partial charge >= 0.3 is 0 Å². The Balaban J connectivity index is 1.65. The summed E-state index contributed by atoms with van der Waals surface area (Å²) in [7, 11) is 0. The Morgan fingerprint density at radius 2 is 2.17 bits per heavy atom. The van der Waals surface area contributed by atoms with Gasteiger partial charge in [0.2, 0.25) is 0 Å². The average Bonchev–Trinajstić information content (AvgIpc) is 3.27. The first kappa shape index (κ1) is 15.4. The summed E-state index contributed by atoms with van der Waals surface area (Å²) in [5.74, 6) is -0.208. The molecule has 1 fully saturated rings. The van der Waals surface area contributed by atoms with E-state index in [1.54, 1.807) is 18.3 Å². The molecule has 2 aromatic heterocycles. The van der Waals surface area contributed by atoms with Gasteiger partial charge < -0.3 is 4.74 Å². The number of nitrogens with zero attached hydrogens (tertiary/aromatic N) is 4. The smallest absolute Gasteiger partial charge is 0.145 e. The van der Waals surface area contributed by atoms with E-state index < -0.39 is 0 Å². The second kappa shape index (κ2) is 6.41. The predicted octanol–water partition coefficient (Wildman–Crippen LogP) is 3.29. The normalized spacial score (nSPS) is 17.0. The van der Waals surface area contributed by atoms with Crippen molar-refractivity contribution in [3.63, 3.8) is 0 Å². The summed E-state index contributed by atoms with van der Waals surface area (Å²) in [5.41, 5.74) is 1.58. The Labute approximate surface area is 143 Å². The summed E-state index contributed by atoms with van der Waals surface area (Å²) < 4.78 is 21.1. The molecule has 1 aliphatic rings. The van der Waals surface area contributed by atoms with Gasteiger partial charge in [0.25, 0.3) is 0 Å². The molecular formula is C17H17FN4OS. The van der Waals surface area contributed by atoms with Gasteiger partial charge in [-0.2, -0.15) is 0 Å². The highest BCUT2D eigenvalue weighted by molar-refractivity contribution is 7.13. The third kappa shape index (κ3) is 2.97. The number of benzene rings is 1. The van der Waals surface area contributed by atoms with Crippen LogP contribution in [-0.2, 0) is 16.7 Å². The first-order valence-corrected chi connectivity index (χ1v) is 8.77. The summed E-state index contributed by atoms with van der Waals surface area (Å²) >= 11 is 1.54. The molecule has 7 heteroatoms. The first-order valence-electron chi connectivity index (χ1n) is 7.89. The molecule has 0 atom stereocenters. The van der Waals surface area contributed by atoms with E-state index in [9.17, 15) is 4.39 Å². The molecule has 24 heavy (non-hydrogen) atoms. The molecule has 0 radical (unpaired) electrons. The largest absolute Gasteiger partial charge is 0.381 e. The average molecular weight is 344 g/mol. The molecule has 0 aliphatic carbocycles. The van der Waals surface area contributed by atoms with E-state index in [4.69, 9.17) is 4.74 Å². The molecule has 0 spiro atoms. The van der Waals surface area contributed by atoms with Crippen LogP contribution in [0.15, 0.2) is 42.0 Å². The third-order valence-corrected chi connectivity index (χ3v) is 5.34. The summed E-state index contributed by atoms with van der Waals surface area (Å²) in [6.45, 7) is 1.99. The molecule has 4 rings (SSSR count). The number of halogens is 1. The van der Waals surface area contributed by atoms with Crippen LogP contribution in [0.2, 0.25) is 0 Å². The van der Waals surface area contributed by atoms with Gasteiger partial charge in [-0.25, -0.2) is 9.37 Å². The molecular weight excluding hydrogens is 327 g/mol. The minimum atomic E-state index is -0.208. The first-order chi connectivity index (χ1) is 11.8. The van der Waals surface area contributed by atoms with Crippen LogP contribution in [0.5, 0.6) is 0 Å². The zero-order valence-electron chi connectivity index (χ0n) is 13.1. The quantitative estimate of drug-likeness (QED) is 0.729. The molecule has 0 amide bonds. The van der Waals surface area contributed by atoms with E-state index in [-0.39, 0.29) is 11.2 Å². The van der Waals surface area contributed by atoms with Crippen LogP contribution in [0.1, 0.15) is 18.4 Å². The Morgan fingerprint density at radius 3 is 2.92 bits per heavy atom. The van der Waals surface area contributed by atoms with E-state index in [0.717, 1.165) is 29.1 Å². The van der Waals surface area contributed by atoms with Crippen molar-refractivity contribution in [3.8, 4) is 10.7 Å². The standard InChI is InChI=1S/C17H17FN4OS/c18-14-3-1-2-13(10-14)17(4-7-23-8-5-17)12-22-11-15(20-21-22)16-19-6-9-24-16/h1-3,6,9-11H,4-5,7-8,12H2. The van der Waals surface area contributed by atoms with Gasteiger partial charge in [0.05, 0.1) is 12.7 Å². The van der Waals surface area contributed by atoms with Crippen LogP contribution >= 0.6 is 11.3 Å². The molecule has 1 aromatic carbocycles. The molecule has 1 saturated heterocycles. The molecule has 0 N–H and O–H groups in total. The van der Waals surface area contributed by atoms with E-state index in [0.29, 0.717) is 19.8 Å². The van der Waals surface area contributed by atoms with Crippen molar-refractivity contribution < 1.29 is 9.13 Å². The maximum Gasteiger partial charge on any atom is 0.145 e. The minimum absolute atomic E-state index is 0.186. The molecule has 0 unspecified atom stereocenters. The Hall–Kier alpha value is -2.12. The van der Waals surface area contributed by atoms with Gasteiger partial charge in [-0.15, -0.1) is 16.4 Å². The predicted molar refractivity (Wildman–Crippen MR) is 89.3 cm³/mol. The van der Waals surface area contributed by atoms with Crippen LogP contribution in [-0.4, -0.2) is 33.2 Å². The van der Waals surface area contributed by atoms with Crippen LogP contribution in [0, 0.1) is 5.82 Å². The zero-order valence-corrected chi connectivity index (χ0v) is 13.9. The summed E-state index contributed by atoms with van der Waals surface area (Å²) in [6, 6.07) is 6.87. The molecule has 0 saturated carbocycles. The Morgan fingerprint density at radius 1 is 1.29 bits per heavy atom. The van der Waals surface area contributed by atoms with E-state index in [1.807, 2.05) is 22.3 Å². The van der Waals surface area contributed by atoms with Gasteiger partial charge in [-0.1, -0.05) is 17.3 Å². The van der Waals surface area contributed by atoms with Crippen LogP contribution in [0.3, 0.4) is 0 Å². The fourth-order valence-electron chi connectivity index (χ4n) is 3.25. The molecule has 3 heterocycles. The van der Waals surface area contributed by atoms with E-state index in [1.165, 1.54) is 17.4 Å². The number of thiazole rings is 1. The number of hydrogen-bond acceptors (Lipinski definition) is 5. The van der Waals surface area contributed by atoms with Crippen LogP contribution < -0.4 is 0 Å². The minimum Gasteiger partial charge on any atom is -0.381 e. The van der Waals surface area contributed by atoms with Gasteiger partial charge in [-0.05, 0) is 30.5 Å². The summed E-state index contributed by atoms with van der Waals surface area (Å²) in [4.78, 5) is 4.27. The highest BCUT2D eigenvalue weighted by atomic mass is 32.1. The lowest BCUT2D eigenvalue weighted by atomic mass is 9.74.